The number of anilines is 2. The van der Waals surface area contributed by atoms with Crippen LogP contribution in [-0.4, -0.2) is 17.9 Å². The van der Waals surface area contributed by atoms with Crippen molar-refractivity contribution in [3.8, 4) is 0 Å². The number of rotatable bonds is 5. The van der Waals surface area contributed by atoms with Gasteiger partial charge >= 0.3 is 0 Å². The van der Waals surface area contributed by atoms with E-state index in [0.29, 0.717) is 12.5 Å². The smallest absolute Gasteiger partial charge is 0.224 e. The van der Waals surface area contributed by atoms with E-state index < -0.39 is 0 Å². The molecule has 0 radical (unpaired) electrons. The number of hydrogen-bond acceptors (Lipinski definition) is 2. The summed E-state index contributed by atoms with van der Waals surface area (Å²) in [4.78, 5) is 25.3. The lowest BCUT2D eigenvalue weighted by atomic mass is 10.2. The first kappa shape index (κ1) is 13.6. The minimum atomic E-state index is -0.00533. The number of carbonyl (C=O) groups excluding carboxylic acids is 2. The first-order valence-corrected chi connectivity index (χ1v) is 6.82. The summed E-state index contributed by atoms with van der Waals surface area (Å²) >= 11 is 0. The average Bonchev–Trinajstić information content (AvgIpc) is 3.16. The quantitative estimate of drug-likeness (QED) is 0.885. The Morgan fingerprint density at radius 1 is 1.32 bits per heavy atom. The van der Waals surface area contributed by atoms with Crippen LogP contribution in [0.3, 0.4) is 0 Å². The summed E-state index contributed by atoms with van der Waals surface area (Å²) in [5.74, 6) is 0.0222. The van der Waals surface area contributed by atoms with Crippen LogP contribution < -0.4 is 10.2 Å². The summed E-state index contributed by atoms with van der Waals surface area (Å²) in [6, 6.07) is 7.80. The summed E-state index contributed by atoms with van der Waals surface area (Å²) in [5.41, 5.74) is 1.53. The van der Waals surface area contributed by atoms with Crippen molar-refractivity contribution in [3.05, 3.63) is 24.3 Å². The van der Waals surface area contributed by atoms with E-state index in [1.807, 2.05) is 31.2 Å². The summed E-state index contributed by atoms with van der Waals surface area (Å²) in [6.07, 6.45) is 3.39. The predicted octanol–water partition coefficient (Wildman–Crippen LogP) is 2.94. The third kappa shape index (κ3) is 3.34. The average molecular weight is 260 g/mol. The van der Waals surface area contributed by atoms with Crippen LogP contribution in [0.25, 0.3) is 0 Å². The molecule has 1 aliphatic rings. The van der Waals surface area contributed by atoms with Gasteiger partial charge in [0.2, 0.25) is 11.8 Å². The fourth-order valence-corrected chi connectivity index (χ4v) is 2.19. The Kier molecular flexibility index (Phi) is 4.20. The highest BCUT2D eigenvalue weighted by atomic mass is 16.2. The molecule has 2 rings (SSSR count). The zero-order valence-corrected chi connectivity index (χ0v) is 11.5. The Morgan fingerprint density at radius 2 is 2.00 bits per heavy atom. The second-order valence-corrected chi connectivity index (χ2v) is 4.94. The van der Waals surface area contributed by atoms with Gasteiger partial charge in [-0.25, -0.2) is 0 Å². The molecule has 0 saturated heterocycles. The topological polar surface area (TPSA) is 49.4 Å². The number of nitrogens with one attached hydrogen (secondary N) is 1. The van der Waals surface area contributed by atoms with Gasteiger partial charge in [0.15, 0.2) is 0 Å². The van der Waals surface area contributed by atoms with Gasteiger partial charge in [0.1, 0.15) is 0 Å². The molecule has 0 unspecified atom stereocenters. The van der Waals surface area contributed by atoms with Gasteiger partial charge in [-0.15, -0.1) is 0 Å². The van der Waals surface area contributed by atoms with Gasteiger partial charge in [-0.3, -0.25) is 9.59 Å². The summed E-state index contributed by atoms with van der Waals surface area (Å²) in [7, 11) is 0. The van der Waals surface area contributed by atoms with Crippen molar-refractivity contribution < 1.29 is 9.59 Å². The SMILES string of the molecule is CCCC(=O)Nc1ccccc1N(C(C)=O)C1CC1. The number of benzene rings is 1. The molecule has 1 aliphatic carbocycles. The molecule has 102 valence electrons. The molecular formula is C15H20N2O2. The summed E-state index contributed by atoms with van der Waals surface area (Å²) in [6.45, 7) is 3.54. The van der Waals surface area contributed by atoms with Gasteiger partial charge in [-0.05, 0) is 31.4 Å². The molecule has 4 nitrogen and oxygen atoms in total. The number of amides is 2. The summed E-state index contributed by atoms with van der Waals surface area (Å²) < 4.78 is 0. The van der Waals surface area contributed by atoms with Crippen molar-refractivity contribution in [2.24, 2.45) is 0 Å². The van der Waals surface area contributed by atoms with E-state index in [-0.39, 0.29) is 11.8 Å². The largest absolute Gasteiger partial charge is 0.324 e. The number of hydrogen-bond donors (Lipinski definition) is 1. The number of nitrogens with zero attached hydrogens (tertiary/aromatic N) is 1. The van der Waals surface area contributed by atoms with E-state index >= 15 is 0 Å². The zero-order chi connectivity index (χ0) is 13.8. The fraction of sp³-hybridized carbons (Fsp3) is 0.467. The molecule has 1 aromatic carbocycles. The number of para-hydroxylation sites is 2. The molecule has 1 saturated carbocycles. The molecule has 0 atom stereocenters. The van der Waals surface area contributed by atoms with Crippen LogP contribution in [0.5, 0.6) is 0 Å². The second-order valence-electron chi connectivity index (χ2n) is 4.94. The van der Waals surface area contributed by atoms with Crippen molar-refractivity contribution in [2.45, 2.75) is 45.6 Å². The van der Waals surface area contributed by atoms with Gasteiger partial charge in [-0.1, -0.05) is 19.1 Å². The van der Waals surface area contributed by atoms with Gasteiger partial charge in [0, 0.05) is 19.4 Å². The highest BCUT2D eigenvalue weighted by Crippen LogP contribution is 2.35. The lowest BCUT2D eigenvalue weighted by Gasteiger charge is -2.23. The highest BCUT2D eigenvalue weighted by Gasteiger charge is 2.33. The molecule has 1 N–H and O–H groups in total. The van der Waals surface area contributed by atoms with E-state index in [4.69, 9.17) is 0 Å². The van der Waals surface area contributed by atoms with E-state index in [9.17, 15) is 9.59 Å². The molecule has 0 bridgehead atoms. The Morgan fingerprint density at radius 3 is 2.58 bits per heavy atom. The monoisotopic (exact) mass is 260 g/mol. The van der Waals surface area contributed by atoms with Crippen LogP contribution in [0.15, 0.2) is 24.3 Å². The maximum atomic E-state index is 11.8. The predicted molar refractivity (Wildman–Crippen MR) is 76.2 cm³/mol. The third-order valence-corrected chi connectivity index (χ3v) is 3.17. The maximum absolute atomic E-state index is 11.8. The van der Waals surface area contributed by atoms with Crippen molar-refractivity contribution in [1.29, 1.82) is 0 Å². The van der Waals surface area contributed by atoms with Crippen molar-refractivity contribution in [3.63, 3.8) is 0 Å². The van der Waals surface area contributed by atoms with Gasteiger partial charge < -0.3 is 10.2 Å². The molecule has 0 heterocycles. The third-order valence-electron chi connectivity index (χ3n) is 3.17. The molecular weight excluding hydrogens is 240 g/mol. The minimum Gasteiger partial charge on any atom is -0.324 e. The van der Waals surface area contributed by atoms with Gasteiger partial charge in [0.05, 0.1) is 11.4 Å². The molecule has 0 spiro atoms. The molecule has 4 heteroatoms. The van der Waals surface area contributed by atoms with E-state index in [1.54, 1.807) is 11.8 Å². The van der Waals surface area contributed by atoms with E-state index in [0.717, 1.165) is 30.6 Å². The fourth-order valence-electron chi connectivity index (χ4n) is 2.19. The van der Waals surface area contributed by atoms with Crippen molar-refractivity contribution >= 4 is 23.2 Å². The maximum Gasteiger partial charge on any atom is 0.224 e. The number of carbonyl (C=O) groups is 2. The van der Waals surface area contributed by atoms with Crippen LogP contribution in [-0.2, 0) is 9.59 Å². The normalized spacial score (nSPS) is 14.0. The minimum absolute atomic E-state index is 0.00533. The van der Waals surface area contributed by atoms with Crippen molar-refractivity contribution in [2.75, 3.05) is 10.2 Å². The first-order chi connectivity index (χ1) is 9.13. The van der Waals surface area contributed by atoms with E-state index in [1.165, 1.54) is 0 Å². The van der Waals surface area contributed by atoms with Crippen LogP contribution in [0.2, 0.25) is 0 Å². The molecule has 19 heavy (non-hydrogen) atoms. The Hall–Kier alpha value is -1.84. The van der Waals surface area contributed by atoms with Crippen LogP contribution in [0, 0.1) is 0 Å². The van der Waals surface area contributed by atoms with Crippen LogP contribution >= 0.6 is 0 Å². The van der Waals surface area contributed by atoms with Crippen LogP contribution in [0.1, 0.15) is 39.5 Å². The first-order valence-electron chi connectivity index (χ1n) is 6.82. The standard InChI is InChI=1S/C15H20N2O2/c1-3-6-15(19)16-13-7-4-5-8-14(13)17(11(2)18)12-9-10-12/h4-5,7-8,12H,3,6,9-10H2,1-2H3,(H,16,19). The van der Waals surface area contributed by atoms with Crippen LogP contribution in [0.4, 0.5) is 11.4 Å². The lowest BCUT2D eigenvalue weighted by Crippen LogP contribution is -2.31. The molecule has 2 amide bonds. The molecule has 1 fully saturated rings. The van der Waals surface area contributed by atoms with Gasteiger partial charge in [-0.2, -0.15) is 0 Å². The Balaban J connectivity index is 2.24. The van der Waals surface area contributed by atoms with E-state index in [2.05, 4.69) is 5.32 Å². The second kappa shape index (κ2) is 5.87. The Labute approximate surface area is 113 Å². The summed E-state index contributed by atoms with van der Waals surface area (Å²) in [5, 5.41) is 2.90. The zero-order valence-electron chi connectivity index (χ0n) is 11.5. The Bertz CT molecular complexity index is 481. The van der Waals surface area contributed by atoms with Gasteiger partial charge in [0.25, 0.3) is 0 Å². The molecule has 1 aromatic rings. The molecule has 0 aromatic heterocycles. The highest BCUT2D eigenvalue weighted by molar-refractivity contribution is 6.00. The molecule has 0 aliphatic heterocycles. The lowest BCUT2D eigenvalue weighted by molar-refractivity contribution is -0.117. The van der Waals surface area contributed by atoms with Crippen molar-refractivity contribution in [1.82, 2.24) is 0 Å².